The summed E-state index contributed by atoms with van der Waals surface area (Å²) in [4.78, 5) is 6.17. The van der Waals surface area contributed by atoms with Gasteiger partial charge in [0, 0.05) is 19.8 Å². The molecule has 0 radical (unpaired) electrons. The van der Waals surface area contributed by atoms with Gasteiger partial charge >= 0.3 is 0 Å². The van der Waals surface area contributed by atoms with Crippen molar-refractivity contribution >= 4 is 17.5 Å². The van der Waals surface area contributed by atoms with Gasteiger partial charge in [0.15, 0.2) is 0 Å². The molecule has 1 heterocycles. The van der Waals surface area contributed by atoms with Crippen molar-refractivity contribution in [1.29, 1.82) is 10.5 Å². The molecule has 1 aromatic carbocycles. The number of aliphatic hydroxyl groups excluding tert-OH is 1. The highest BCUT2D eigenvalue weighted by atomic mass is 16.3. The first-order chi connectivity index (χ1) is 11.2. The molecule has 114 valence electrons. The molecule has 1 aromatic heterocycles. The second-order valence-corrected chi connectivity index (χ2v) is 4.95. The molecule has 0 aliphatic rings. The summed E-state index contributed by atoms with van der Waals surface area (Å²) in [6.07, 6.45) is 3.44. The molecule has 2 rings (SSSR count). The average Bonchev–Trinajstić information content (AvgIpc) is 2.60. The molecule has 0 bridgehead atoms. The number of anilines is 1. The summed E-state index contributed by atoms with van der Waals surface area (Å²) >= 11 is 0. The predicted octanol–water partition coefficient (Wildman–Crippen LogP) is 2.45. The maximum absolute atomic E-state index is 9.34. The number of likely N-dealkylation sites (N-methyl/N-ethyl adjacent to an activating group) is 1. The molecule has 0 fully saturated rings. The highest BCUT2D eigenvalue weighted by molar-refractivity contribution is 5.89. The van der Waals surface area contributed by atoms with Crippen LogP contribution < -0.4 is 4.90 Å². The van der Waals surface area contributed by atoms with Gasteiger partial charge in [-0.15, -0.1) is 0 Å². The Balaban J connectivity index is 2.24. The molecule has 0 amide bonds. The van der Waals surface area contributed by atoms with Crippen LogP contribution in [0, 0.1) is 22.7 Å². The minimum absolute atomic E-state index is 0.0666. The second-order valence-electron chi connectivity index (χ2n) is 4.95. The molecule has 5 heteroatoms. The van der Waals surface area contributed by atoms with Gasteiger partial charge in [-0.25, -0.2) is 4.98 Å². The summed E-state index contributed by atoms with van der Waals surface area (Å²) in [6, 6.07) is 14.8. The first-order valence-corrected chi connectivity index (χ1v) is 7.08. The van der Waals surface area contributed by atoms with Gasteiger partial charge in [-0.05, 0) is 41.5 Å². The summed E-state index contributed by atoms with van der Waals surface area (Å²) in [5.74, 6) is 0.757. The fourth-order valence-electron chi connectivity index (χ4n) is 2.04. The van der Waals surface area contributed by atoms with Crippen LogP contribution in [0.3, 0.4) is 0 Å². The van der Waals surface area contributed by atoms with E-state index in [2.05, 4.69) is 17.1 Å². The lowest BCUT2D eigenvalue weighted by atomic mass is 10.0. The second kappa shape index (κ2) is 7.74. The van der Waals surface area contributed by atoms with Crippen LogP contribution in [-0.4, -0.2) is 30.3 Å². The predicted molar refractivity (Wildman–Crippen MR) is 89.2 cm³/mol. The van der Waals surface area contributed by atoms with Crippen molar-refractivity contribution in [2.24, 2.45) is 0 Å². The van der Waals surface area contributed by atoms with Gasteiger partial charge in [-0.1, -0.05) is 12.1 Å². The van der Waals surface area contributed by atoms with Crippen LogP contribution in [0.25, 0.3) is 11.6 Å². The van der Waals surface area contributed by atoms with Crippen molar-refractivity contribution in [3.05, 3.63) is 59.3 Å². The van der Waals surface area contributed by atoms with E-state index in [4.69, 9.17) is 10.4 Å². The van der Waals surface area contributed by atoms with Crippen molar-refractivity contribution in [1.82, 2.24) is 4.98 Å². The first-order valence-electron chi connectivity index (χ1n) is 7.08. The van der Waals surface area contributed by atoms with E-state index in [1.807, 2.05) is 24.1 Å². The lowest BCUT2D eigenvalue weighted by molar-refractivity contribution is 0.304. The molecule has 0 aliphatic heterocycles. The van der Waals surface area contributed by atoms with Crippen LogP contribution in [0.1, 0.15) is 16.7 Å². The Morgan fingerprint density at radius 2 is 1.96 bits per heavy atom. The Morgan fingerprint density at radius 1 is 1.22 bits per heavy atom. The van der Waals surface area contributed by atoms with Gasteiger partial charge in [0.2, 0.25) is 0 Å². The summed E-state index contributed by atoms with van der Waals surface area (Å²) in [5.41, 5.74) is 2.64. The molecule has 1 N–H and O–H groups in total. The Labute approximate surface area is 135 Å². The van der Waals surface area contributed by atoms with Crippen molar-refractivity contribution < 1.29 is 5.11 Å². The maximum Gasteiger partial charge on any atom is 0.128 e. The van der Waals surface area contributed by atoms with Crippen LogP contribution in [0.4, 0.5) is 5.82 Å². The molecule has 5 nitrogen and oxygen atoms in total. The van der Waals surface area contributed by atoms with E-state index >= 15 is 0 Å². The van der Waals surface area contributed by atoms with Gasteiger partial charge in [0.05, 0.1) is 29.9 Å². The summed E-state index contributed by atoms with van der Waals surface area (Å²) in [7, 11) is 1.85. The third-order valence-electron chi connectivity index (χ3n) is 3.35. The first kappa shape index (κ1) is 16.2. The zero-order valence-corrected chi connectivity index (χ0v) is 12.8. The van der Waals surface area contributed by atoms with Crippen molar-refractivity contribution in [3.8, 4) is 12.1 Å². The molecule has 0 unspecified atom stereocenters. The van der Waals surface area contributed by atoms with E-state index in [0.29, 0.717) is 17.7 Å². The Bertz CT molecular complexity index is 765. The number of nitriles is 2. The molecule has 0 saturated carbocycles. The third-order valence-corrected chi connectivity index (χ3v) is 3.35. The maximum atomic E-state index is 9.34. The topological polar surface area (TPSA) is 83.9 Å². The van der Waals surface area contributed by atoms with Gasteiger partial charge in [-0.3, -0.25) is 0 Å². The van der Waals surface area contributed by atoms with Gasteiger partial charge < -0.3 is 10.0 Å². The number of allylic oxidation sites excluding steroid dienone is 1. The van der Waals surface area contributed by atoms with Crippen LogP contribution in [0.5, 0.6) is 0 Å². The minimum Gasteiger partial charge on any atom is -0.395 e. The number of benzene rings is 1. The smallest absolute Gasteiger partial charge is 0.128 e. The molecule has 2 aromatic rings. The number of pyridine rings is 1. The molecular weight excluding hydrogens is 288 g/mol. The molecule has 0 atom stereocenters. The highest BCUT2D eigenvalue weighted by Crippen LogP contribution is 2.19. The Morgan fingerprint density at radius 3 is 2.48 bits per heavy atom. The summed E-state index contributed by atoms with van der Waals surface area (Å²) in [5, 5.41) is 27.1. The van der Waals surface area contributed by atoms with Gasteiger partial charge in [0.1, 0.15) is 5.82 Å². The summed E-state index contributed by atoms with van der Waals surface area (Å²) < 4.78 is 0. The van der Waals surface area contributed by atoms with E-state index < -0.39 is 0 Å². The van der Waals surface area contributed by atoms with Crippen LogP contribution >= 0.6 is 0 Å². The molecule has 0 aliphatic carbocycles. The number of nitrogens with zero attached hydrogens (tertiary/aromatic N) is 4. The minimum atomic E-state index is 0.0666. The standard InChI is InChI=1S/C18H16N4O/c1-22(8-9-23)18-7-4-15(13-21-18)10-17(12-20)16-5-2-14(11-19)3-6-16/h2-7,10,13,23H,8-9H2,1H3/b17-10+. The lowest BCUT2D eigenvalue weighted by Gasteiger charge is -2.16. The van der Waals surface area contributed by atoms with E-state index in [-0.39, 0.29) is 6.61 Å². The van der Waals surface area contributed by atoms with E-state index in [1.54, 1.807) is 36.5 Å². The number of rotatable bonds is 5. The van der Waals surface area contributed by atoms with E-state index in [9.17, 15) is 5.26 Å². The fraction of sp³-hybridized carbons (Fsp3) is 0.167. The fourth-order valence-corrected chi connectivity index (χ4v) is 2.04. The number of aromatic nitrogens is 1. The molecule has 0 saturated heterocycles. The van der Waals surface area contributed by atoms with Gasteiger partial charge in [-0.2, -0.15) is 10.5 Å². The monoisotopic (exact) mass is 304 g/mol. The van der Waals surface area contributed by atoms with Gasteiger partial charge in [0.25, 0.3) is 0 Å². The normalized spacial score (nSPS) is 10.7. The zero-order chi connectivity index (χ0) is 16.7. The number of hydrogen-bond donors (Lipinski definition) is 1. The van der Waals surface area contributed by atoms with Crippen molar-refractivity contribution in [2.45, 2.75) is 0 Å². The van der Waals surface area contributed by atoms with E-state index in [1.165, 1.54) is 0 Å². The van der Waals surface area contributed by atoms with Crippen LogP contribution in [-0.2, 0) is 0 Å². The molecule has 23 heavy (non-hydrogen) atoms. The van der Waals surface area contributed by atoms with Crippen LogP contribution in [0.15, 0.2) is 42.6 Å². The largest absolute Gasteiger partial charge is 0.395 e. The highest BCUT2D eigenvalue weighted by Gasteiger charge is 2.04. The number of aliphatic hydroxyl groups is 1. The van der Waals surface area contributed by atoms with Crippen LogP contribution in [0.2, 0.25) is 0 Å². The Hall–Kier alpha value is -3.15. The van der Waals surface area contributed by atoms with Crippen molar-refractivity contribution in [2.75, 3.05) is 25.1 Å². The molecular formula is C18H16N4O. The molecule has 0 spiro atoms. The summed E-state index contributed by atoms with van der Waals surface area (Å²) in [6.45, 7) is 0.577. The lowest BCUT2D eigenvalue weighted by Crippen LogP contribution is -2.21. The zero-order valence-electron chi connectivity index (χ0n) is 12.8. The third kappa shape index (κ3) is 4.16. The van der Waals surface area contributed by atoms with E-state index in [0.717, 1.165) is 16.9 Å². The number of hydrogen-bond acceptors (Lipinski definition) is 5. The Kier molecular flexibility index (Phi) is 5.46. The SMILES string of the molecule is CN(CCO)c1ccc(/C=C(\C#N)c2ccc(C#N)cc2)cn1. The van der Waals surface area contributed by atoms with Crippen molar-refractivity contribution in [3.63, 3.8) is 0 Å². The average molecular weight is 304 g/mol. The quantitative estimate of drug-likeness (QED) is 0.858.